The molecule has 0 unspecified atom stereocenters. The van der Waals surface area contributed by atoms with Crippen molar-refractivity contribution < 1.29 is 5.11 Å². The number of nitriles is 1. The molecule has 0 atom stereocenters. The normalized spacial score (nSPS) is 14.8. The third-order valence-electron chi connectivity index (χ3n) is 4.75. The van der Waals surface area contributed by atoms with Crippen molar-refractivity contribution in [3.05, 3.63) is 55.3 Å². The van der Waals surface area contributed by atoms with E-state index in [0.717, 1.165) is 25.7 Å². The number of aliphatic imine (C=N–C) groups is 1. The number of nitrogens with zero attached hydrogens (tertiary/aromatic N) is 3. The molecule has 0 spiro atoms. The zero-order valence-corrected chi connectivity index (χ0v) is 15.7. The van der Waals surface area contributed by atoms with E-state index in [-0.39, 0.29) is 17.5 Å². The summed E-state index contributed by atoms with van der Waals surface area (Å²) in [4.78, 5) is 17.0. The fourth-order valence-corrected chi connectivity index (χ4v) is 3.67. The van der Waals surface area contributed by atoms with Crippen LogP contribution in [0.25, 0.3) is 0 Å². The molecule has 1 aromatic carbocycles. The third-order valence-corrected chi connectivity index (χ3v) is 5.56. The van der Waals surface area contributed by atoms with Crippen LogP contribution in [-0.4, -0.2) is 15.9 Å². The molecular weight excluding hydrogens is 373 g/mol. The second-order valence-corrected chi connectivity index (χ2v) is 7.08. The van der Waals surface area contributed by atoms with Gasteiger partial charge in [-0.05, 0) is 37.5 Å². The van der Waals surface area contributed by atoms with E-state index in [4.69, 9.17) is 23.2 Å². The molecule has 0 bridgehead atoms. The van der Waals surface area contributed by atoms with E-state index in [1.165, 1.54) is 10.8 Å². The molecule has 7 heteroatoms. The average Bonchev–Trinajstić information content (AvgIpc) is 3.13. The first kappa shape index (κ1) is 18.5. The summed E-state index contributed by atoms with van der Waals surface area (Å²) in [6.45, 7) is 1.62. The number of rotatable bonds is 3. The topological polar surface area (TPSA) is 78.4 Å². The molecule has 5 nitrogen and oxygen atoms in total. The molecule has 134 valence electrons. The Labute approximate surface area is 161 Å². The molecule has 1 aromatic heterocycles. The number of pyridine rings is 1. The van der Waals surface area contributed by atoms with Crippen molar-refractivity contribution >= 4 is 35.1 Å². The lowest BCUT2D eigenvalue weighted by Gasteiger charge is -2.19. The summed E-state index contributed by atoms with van der Waals surface area (Å²) in [5, 5.41) is 20.8. The Kier molecular flexibility index (Phi) is 5.36. The van der Waals surface area contributed by atoms with Crippen LogP contribution < -0.4 is 5.56 Å². The van der Waals surface area contributed by atoms with Gasteiger partial charge in [-0.15, -0.1) is 0 Å². The van der Waals surface area contributed by atoms with Gasteiger partial charge in [-0.3, -0.25) is 14.4 Å². The summed E-state index contributed by atoms with van der Waals surface area (Å²) in [5.41, 5.74) is 0.742. The minimum absolute atomic E-state index is 0.0216. The van der Waals surface area contributed by atoms with E-state index >= 15 is 0 Å². The van der Waals surface area contributed by atoms with Gasteiger partial charge in [-0.2, -0.15) is 5.26 Å². The van der Waals surface area contributed by atoms with Crippen molar-refractivity contribution in [2.75, 3.05) is 0 Å². The highest BCUT2D eigenvalue weighted by Crippen LogP contribution is 2.34. The highest BCUT2D eigenvalue weighted by Gasteiger charge is 2.25. The van der Waals surface area contributed by atoms with Crippen molar-refractivity contribution in [1.29, 1.82) is 5.26 Å². The zero-order valence-electron chi connectivity index (χ0n) is 14.2. The van der Waals surface area contributed by atoms with Crippen molar-refractivity contribution in [2.24, 2.45) is 4.99 Å². The molecule has 1 aliphatic rings. The van der Waals surface area contributed by atoms with Gasteiger partial charge in [0, 0.05) is 12.3 Å². The largest absolute Gasteiger partial charge is 0.494 e. The van der Waals surface area contributed by atoms with Crippen molar-refractivity contribution in [1.82, 2.24) is 4.57 Å². The molecule has 1 fully saturated rings. The van der Waals surface area contributed by atoms with Gasteiger partial charge < -0.3 is 5.11 Å². The average molecular weight is 390 g/mol. The lowest BCUT2D eigenvalue weighted by molar-refractivity contribution is 0.368. The molecule has 3 rings (SSSR count). The van der Waals surface area contributed by atoms with Crippen LogP contribution in [0, 0.1) is 18.3 Å². The minimum atomic E-state index is -0.452. The molecule has 26 heavy (non-hydrogen) atoms. The van der Waals surface area contributed by atoms with Crippen LogP contribution in [-0.2, 0) is 0 Å². The molecule has 0 saturated heterocycles. The predicted octanol–water partition coefficient (Wildman–Crippen LogP) is 4.91. The Bertz CT molecular complexity index is 984. The van der Waals surface area contributed by atoms with E-state index in [0.29, 0.717) is 26.9 Å². The van der Waals surface area contributed by atoms with Crippen LogP contribution in [0.1, 0.15) is 48.4 Å². The lowest BCUT2D eigenvalue weighted by Crippen LogP contribution is -2.28. The second-order valence-electron chi connectivity index (χ2n) is 6.29. The van der Waals surface area contributed by atoms with Gasteiger partial charge in [-0.25, -0.2) is 0 Å². The van der Waals surface area contributed by atoms with Crippen molar-refractivity contribution in [2.45, 2.75) is 38.6 Å². The van der Waals surface area contributed by atoms with Crippen molar-refractivity contribution in [3.63, 3.8) is 0 Å². The summed E-state index contributed by atoms with van der Waals surface area (Å²) in [6, 6.07) is 6.92. The van der Waals surface area contributed by atoms with Gasteiger partial charge in [0.15, 0.2) is 0 Å². The number of aromatic hydroxyl groups is 1. The number of benzene rings is 1. The molecule has 0 radical (unpaired) electrons. The summed E-state index contributed by atoms with van der Waals surface area (Å²) in [6.07, 6.45) is 5.02. The van der Waals surface area contributed by atoms with Crippen LogP contribution in [0.3, 0.4) is 0 Å². The summed E-state index contributed by atoms with van der Waals surface area (Å²) >= 11 is 12.1. The van der Waals surface area contributed by atoms with E-state index < -0.39 is 5.56 Å². The monoisotopic (exact) mass is 389 g/mol. The molecule has 1 saturated carbocycles. The lowest BCUT2D eigenvalue weighted by atomic mass is 10.0. The summed E-state index contributed by atoms with van der Waals surface area (Å²) in [7, 11) is 0. The SMILES string of the molecule is Cc1c(C=Nc2cccc(Cl)c2Cl)c(O)n(C2CCCC2)c(=O)c1C#N. The third kappa shape index (κ3) is 3.23. The molecule has 2 aromatic rings. The Morgan fingerprint density at radius 3 is 2.69 bits per heavy atom. The van der Waals surface area contributed by atoms with E-state index in [9.17, 15) is 15.2 Å². The van der Waals surface area contributed by atoms with Gasteiger partial charge in [0.05, 0.1) is 21.3 Å². The fourth-order valence-electron chi connectivity index (χ4n) is 3.32. The van der Waals surface area contributed by atoms with Crippen LogP contribution >= 0.6 is 23.2 Å². The minimum Gasteiger partial charge on any atom is -0.494 e. The zero-order chi connectivity index (χ0) is 18.8. The molecular formula is C19H17Cl2N3O2. The van der Waals surface area contributed by atoms with E-state index in [1.807, 2.05) is 6.07 Å². The van der Waals surface area contributed by atoms with Crippen LogP contribution in [0.5, 0.6) is 5.88 Å². The molecule has 1 aliphatic carbocycles. The Hall–Kier alpha value is -2.29. The van der Waals surface area contributed by atoms with Crippen molar-refractivity contribution in [3.8, 4) is 11.9 Å². The van der Waals surface area contributed by atoms with Gasteiger partial charge >= 0.3 is 0 Å². The smallest absolute Gasteiger partial charge is 0.271 e. The number of aromatic nitrogens is 1. The van der Waals surface area contributed by atoms with Crippen LogP contribution in [0.2, 0.25) is 10.0 Å². The highest BCUT2D eigenvalue weighted by atomic mass is 35.5. The highest BCUT2D eigenvalue weighted by molar-refractivity contribution is 6.43. The first-order valence-corrected chi connectivity index (χ1v) is 9.07. The quantitative estimate of drug-likeness (QED) is 0.757. The van der Waals surface area contributed by atoms with E-state index in [1.54, 1.807) is 25.1 Å². The Balaban J connectivity index is 2.16. The number of halogens is 2. The Morgan fingerprint density at radius 2 is 2.04 bits per heavy atom. The first-order chi connectivity index (χ1) is 12.5. The Morgan fingerprint density at radius 1 is 1.35 bits per heavy atom. The summed E-state index contributed by atoms with van der Waals surface area (Å²) < 4.78 is 1.33. The molecule has 0 aliphatic heterocycles. The molecule has 1 N–H and O–H groups in total. The maximum Gasteiger partial charge on any atom is 0.271 e. The maximum atomic E-state index is 12.7. The van der Waals surface area contributed by atoms with Gasteiger partial charge in [-0.1, -0.05) is 42.1 Å². The molecule has 0 amide bonds. The standard InChI is InChI=1S/C19H17Cl2N3O2/c1-11-13(9-22)18(25)24(12-5-2-3-6-12)19(26)14(11)10-23-16-8-4-7-15(20)17(16)21/h4,7-8,10,12,26H,2-3,5-6H2,1H3. The predicted molar refractivity (Wildman–Crippen MR) is 103 cm³/mol. The van der Waals surface area contributed by atoms with Gasteiger partial charge in [0.2, 0.25) is 5.88 Å². The van der Waals surface area contributed by atoms with Gasteiger partial charge in [0.25, 0.3) is 5.56 Å². The second kappa shape index (κ2) is 7.53. The number of hydrogen-bond donors (Lipinski definition) is 1. The summed E-state index contributed by atoms with van der Waals surface area (Å²) in [5.74, 6) is -0.166. The maximum absolute atomic E-state index is 12.7. The number of hydrogen-bond acceptors (Lipinski definition) is 4. The fraction of sp³-hybridized carbons (Fsp3) is 0.316. The van der Waals surface area contributed by atoms with Crippen LogP contribution in [0.4, 0.5) is 5.69 Å². The first-order valence-electron chi connectivity index (χ1n) is 8.32. The molecule has 1 heterocycles. The van der Waals surface area contributed by atoms with Gasteiger partial charge in [0.1, 0.15) is 11.6 Å². The van der Waals surface area contributed by atoms with Crippen LogP contribution in [0.15, 0.2) is 28.0 Å². The van der Waals surface area contributed by atoms with E-state index in [2.05, 4.69) is 4.99 Å².